The lowest BCUT2D eigenvalue weighted by Crippen LogP contribution is -2.26. The quantitative estimate of drug-likeness (QED) is 0.265. The Labute approximate surface area is 216 Å². The van der Waals surface area contributed by atoms with Gasteiger partial charge in [0.1, 0.15) is 10.3 Å². The molecule has 1 aliphatic carbocycles. The molecular weight excluding hydrogens is 474 g/mol. The number of carbonyl (C=O) groups excluding carboxylic acids is 2. The van der Waals surface area contributed by atoms with Gasteiger partial charge in [-0.2, -0.15) is 0 Å². The molecule has 0 saturated heterocycles. The molecule has 3 aromatic rings. The summed E-state index contributed by atoms with van der Waals surface area (Å²) in [6, 6.07) is 19.7. The second-order valence-corrected chi connectivity index (χ2v) is 12.2. The van der Waals surface area contributed by atoms with E-state index in [1.165, 1.54) is 16.6 Å². The lowest BCUT2D eigenvalue weighted by molar-refractivity contribution is -0.115. The molecule has 0 aliphatic heterocycles. The fraction of sp³-hybridized carbons (Fsp3) is 0.379. The maximum atomic E-state index is 13.7. The van der Waals surface area contributed by atoms with Gasteiger partial charge < -0.3 is 10.1 Å². The summed E-state index contributed by atoms with van der Waals surface area (Å²) in [6.07, 6.45) is 2.79. The van der Waals surface area contributed by atoms with Crippen LogP contribution in [0.2, 0.25) is 0 Å². The molecule has 184 valence electrons. The van der Waals surface area contributed by atoms with Gasteiger partial charge in [-0.25, -0.2) is 4.79 Å². The molecule has 35 heavy (non-hydrogen) atoms. The summed E-state index contributed by atoms with van der Waals surface area (Å²) >= 11 is 3.05. The van der Waals surface area contributed by atoms with Gasteiger partial charge in [-0.05, 0) is 60.8 Å². The number of anilines is 1. The van der Waals surface area contributed by atoms with Crippen LogP contribution in [0.3, 0.4) is 0 Å². The van der Waals surface area contributed by atoms with Gasteiger partial charge in [0.05, 0.1) is 12.2 Å². The van der Waals surface area contributed by atoms with E-state index in [1.807, 2.05) is 67.6 Å². The number of thioether (sulfide) groups is 1. The highest BCUT2D eigenvalue weighted by Crippen LogP contribution is 2.45. The molecule has 1 aliphatic rings. The Morgan fingerprint density at radius 1 is 1.09 bits per heavy atom. The van der Waals surface area contributed by atoms with Crippen molar-refractivity contribution in [1.29, 1.82) is 0 Å². The minimum absolute atomic E-state index is 0.137. The summed E-state index contributed by atoms with van der Waals surface area (Å²) in [5, 5.41) is 3.30. The largest absolute Gasteiger partial charge is 0.462 e. The number of hydrogen-bond acceptors (Lipinski definition) is 5. The number of thiophene rings is 1. The van der Waals surface area contributed by atoms with Crippen molar-refractivity contribution in [2.24, 2.45) is 11.3 Å². The van der Waals surface area contributed by atoms with Crippen molar-refractivity contribution in [3.8, 4) is 0 Å². The van der Waals surface area contributed by atoms with Gasteiger partial charge in [0, 0.05) is 9.77 Å². The monoisotopic (exact) mass is 507 g/mol. The molecule has 0 radical (unpaired) electrons. The molecule has 6 heteroatoms. The van der Waals surface area contributed by atoms with Crippen LogP contribution in [-0.4, -0.2) is 18.5 Å². The SMILES string of the molecule is CCOC(=O)c1c(NC(=O)C(Sc2ccccc2)c2ccccc2)sc2c1CCC(C(C)(C)C)C2. The standard InChI is InChI=1S/C29H33NO3S2/c1-5-33-28(32)24-22-17-16-20(29(2,3)4)18-23(22)35-27(24)30-26(31)25(19-12-8-6-9-13-19)34-21-14-10-7-11-15-21/h6-15,20,25H,5,16-18H2,1-4H3,(H,30,31). The van der Waals surface area contributed by atoms with Crippen molar-refractivity contribution < 1.29 is 14.3 Å². The van der Waals surface area contributed by atoms with E-state index in [9.17, 15) is 9.59 Å². The van der Waals surface area contributed by atoms with E-state index in [4.69, 9.17) is 4.74 Å². The summed E-state index contributed by atoms with van der Waals surface area (Å²) < 4.78 is 5.42. The van der Waals surface area contributed by atoms with Crippen LogP contribution in [0.4, 0.5) is 5.00 Å². The van der Waals surface area contributed by atoms with Gasteiger partial charge in [-0.3, -0.25) is 4.79 Å². The number of nitrogens with one attached hydrogen (secondary N) is 1. The van der Waals surface area contributed by atoms with Crippen LogP contribution in [0, 0.1) is 11.3 Å². The molecule has 1 amide bonds. The first kappa shape index (κ1) is 25.5. The van der Waals surface area contributed by atoms with Crippen LogP contribution >= 0.6 is 23.1 Å². The number of esters is 1. The first-order valence-corrected chi connectivity index (χ1v) is 13.9. The minimum atomic E-state index is -0.449. The van der Waals surface area contributed by atoms with E-state index < -0.39 is 5.25 Å². The predicted molar refractivity (Wildman–Crippen MR) is 145 cm³/mol. The molecule has 0 spiro atoms. The van der Waals surface area contributed by atoms with Crippen LogP contribution in [0.1, 0.15) is 65.7 Å². The van der Waals surface area contributed by atoms with Crippen LogP contribution in [-0.2, 0) is 22.4 Å². The number of ether oxygens (including phenoxy) is 1. The van der Waals surface area contributed by atoms with Crippen molar-refractivity contribution in [2.45, 2.75) is 57.1 Å². The summed E-state index contributed by atoms with van der Waals surface area (Å²) in [6.45, 7) is 8.94. The third kappa shape index (κ3) is 5.99. The molecule has 4 rings (SSSR count). The van der Waals surface area contributed by atoms with Gasteiger partial charge >= 0.3 is 5.97 Å². The zero-order valence-corrected chi connectivity index (χ0v) is 22.4. The fourth-order valence-electron chi connectivity index (χ4n) is 4.55. The van der Waals surface area contributed by atoms with Crippen molar-refractivity contribution >= 4 is 40.0 Å². The van der Waals surface area contributed by atoms with Crippen molar-refractivity contribution in [2.75, 3.05) is 11.9 Å². The Kier molecular flexibility index (Phi) is 8.02. The molecule has 0 fully saturated rings. The summed E-state index contributed by atoms with van der Waals surface area (Å²) in [5.41, 5.74) is 2.71. The predicted octanol–water partition coefficient (Wildman–Crippen LogP) is 7.55. The lowest BCUT2D eigenvalue weighted by atomic mass is 9.72. The van der Waals surface area contributed by atoms with Gasteiger partial charge in [0.2, 0.25) is 5.91 Å². The van der Waals surface area contributed by atoms with E-state index in [0.717, 1.165) is 35.3 Å². The van der Waals surface area contributed by atoms with Crippen LogP contribution in [0.25, 0.3) is 0 Å². The first-order chi connectivity index (χ1) is 16.8. The molecular formula is C29H33NO3S2. The molecule has 0 saturated carbocycles. The molecule has 2 atom stereocenters. The van der Waals surface area contributed by atoms with Gasteiger partial charge in [-0.15, -0.1) is 23.1 Å². The topological polar surface area (TPSA) is 55.4 Å². The Bertz CT molecular complexity index is 1170. The smallest absolute Gasteiger partial charge is 0.341 e. The third-order valence-electron chi connectivity index (χ3n) is 6.54. The number of hydrogen-bond donors (Lipinski definition) is 1. The summed E-state index contributed by atoms with van der Waals surface area (Å²) in [4.78, 5) is 28.9. The van der Waals surface area contributed by atoms with E-state index in [0.29, 0.717) is 23.1 Å². The summed E-state index contributed by atoms with van der Waals surface area (Å²) in [7, 11) is 0. The normalized spacial score (nSPS) is 16.3. The molecule has 4 nitrogen and oxygen atoms in total. The van der Waals surface area contributed by atoms with Crippen molar-refractivity contribution in [3.05, 3.63) is 82.2 Å². The summed E-state index contributed by atoms with van der Waals surface area (Å²) in [5.74, 6) is 0.0565. The van der Waals surface area contributed by atoms with Gasteiger partial charge in [0.15, 0.2) is 0 Å². The highest BCUT2D eigenvalue weighted by Gasteiger charge is 2.35. The first-order valence-electron chi connectivity index (χ1n) is 12.2. The minimum Gasteiger partial charge on any atom is -0.462 e. The van der Waals surface area contributed by atoms with Crippen molar-refractivity contribution in [3.63, 3.8) is 0 Å². The van der Waals surface area contributed by atoms with E-state index in [2.05, 4.69) is 26.1 Å². The molecule has 2 unspecified atom stereocenters. The maximum absolute atomic E-state index is 13.7. The number of benzene rings is 2. The van der Waals surface area contributed by atoms with E-state index in [-0.39, 0.29) is 17.3 Å². The van der Waals surface area contributed by atoms with Crippen LogP contribution < -0.4 is 5.32 Å². The van der Waals surface area contributed by atoms with E-state index in [1.54, 1.807) is 11.3 Å². The molecule has 1 heterocycles. The van der Waals surface area contributed by atoms with Crippen LogP contribution in [0.15, 0.2) is 65.6 Å². The molecule has 2 aromatic carbocycles. The Morgan fingerprint density at radius 2 is 1.74 bits per heavy atom. The van der Waals surface area contributed by atoms with Gasteiger partial charge in [0.25, 0.3) is 0 Å². The second kappa shape index (κ2) is 11.0. The van der Waals surface area contributed by atoms with E-state index >= 15 is 0 Å². The fourth-order valence-corrected chi connectivity index (χ4v) is 6.91. The number of amides is 1. The van der Waals surface area contributed by atoms with Crippen LogP contribution in [0.5, 0.6) is 0 Å². The molecule has 1 aromatic heterocycles. The Balaban J connectivity index is 1.67. The van der Waals surface area contributed by atoms with Crippen molar-refractivity contribution in [1.82, 2.24) is 0 Å². The van der Waals surface area contributed by atoms with Gasteiger partial charge in [-0.1, -0.05) is 69.3 Å². The second-order valence-electron chi connectivity index (χ2n) is 9.95. The highest BCUT2D eigenvalue weighted by molar-refractivity contribution is 8.00. The third-order valence-corrected chi connectivity index (χ3v) is 8.98. The zero-order chi connectivity index (χ0) is 25.0. The number of carbonyl (C=O) groups is 2. The zero-order valence-electron chi connectivity index (χ0n) is 20.8. The Hall–Kier alpha value is -2.57. The average Bonchev–Trinajstić information content (AvgIpc) is 3.20. The number of rotatable bonds is 7. The number of fused-ring (bicyclic) bond motifs is 1. The maximum Gasteiger partial charge on any atom is 0.341 e. The lowest BCUT2D eigenvalue weighted by Gasteiger charge is -2.33. The Morgan fingerprint density at radius 3 is 2.37 bits per heavy atom. The average molecular weight is 508 g/mol. The molecule has 0 bridgehead atoms. The molecule has 1 N–H and O–H groups in total. The highest BCUT2D eigenvalue weighted by atomic mass is 32.2.